The molecule has 1 heterocycles. The molecule has 0 saturated heterocycles. The summed E-state index contributed by atoms with van der Waals surface area (Å²) in [6.45, 7) is 8.00. The third kappa shape index (κ3) is 3.35. The van der Waals surface area contributed by atoms with Crippen LogP contribution in [0.5, 0.6) is 0 Å². The Morgan fingerprint density at radius 1 is 0.933 bits per heavy atom. The molecular formula is C12H17F2N. The van der Waals surface area contributed by atoms with E-state index in [1.165, 1.54) is 6.07 Å². The van der Waals surface area contributed by atoms with E-state index in [9.17, 15) is 8.78 Å². The van der Waals surface area contributed by atoms with E-state index in [1.807, 2.05) is 27.7 Å². The number of aromatic nitrogens is 1. The van der Waals surface area contributed by atoms with E-state index in [-0.39, 0.29) is 0 Å². The summed E-state index contributed by atoms with van der Waals surface area (Å²) in [7, 11) is 0. The van der Waals surface area contributed by atoms with Crippen LogP contribution in [0.2, 0.25) is 0 Å². The van der Waals surface area contributed by atoms with E-state index in [4.69, 9.17) is 0 Å². The quantitative estimate of drug-likeness (QED) is 0.663. The molecule has 15 heavy (non-hydrogen) atoms. The number of fused-ring (bicyclic) bond motifs is 1. The van der Waals surface area contributed by atoms with Crippen molar-refractivity contribution < 1.29 is 8.78 Å². The van der Waals surface area contributed by atoms with Crippen molar-refractivity contribution in [2.75, 3.05) is 0 Å². The van der Waals surface area contributed by atoms with Crippen LogP contribution in [0.1, 0.15) is 27.7 Å². The van der Waals surface area contributed by atoms with Crippen molar-refractivity contribution in [3.05, 3.63) is 36.0 Å². The number of halogens is 2. The highest BCUT2D eigenvalue weighted by molar-refractivity contribution is 5.79. The summed E-state index contributed by atoms with van der Waals surface area (Å²) in [5.41, 5.74) is 0.615. The highest BCUT2D eigenvalue weighted by Crippen LogP contribution is 2.16. The van der Waals surface area contributed by atoms with Crippen molar-refractivity contribution in [1.82, 2.24) is 4.98 Å². The number of nitrogens with one attached hydrogen (secondary N) is 1. The molecule has 0 amide bonds. The first kappa shape index (κ1) is 13.6. The molecule has 1 aromatic carbocycles. The van der Waals surface area contributed by atoms with E-state index in [1.54, 1.807) is 12.3 Å². The first-order valence-corrected chi connectivity index (χ1v) is 5.19. The van der Waals surface area contributed by atoms with Crippen LogP contribution in [-0.2, 0) is 0 Å². The summed E-state index contributed by atoms with van der Waals surface area (Å²) in [6, 6.07) is 4.00. The van der Waals surface area contributed by atoms with E-state index in [0.29, 0.717) is 10.9 Å². The van der Waals surface area contributed by atoms with Crippen LogP contribution in [0.25, 0.3) is 10.9 Å². The fourth-order valence-corrected chi connectivity index (χ4v) is 1.05. The van der Waals surface area contributed by atoms with Gasteiger partial charge in [0, 0.05) is 23.2 Å². The first-order chi connectivity index (χ1) is 7.27. The maximum absolute atomic E-state index is 12.5. The number of benzene rings is 1. The molecule has 1 N–H and O–H groups in total. The summed E-state index contributed by atoms with van der Waals surface area (Å²) < 4.78 is 25.1. The molecule has 1 aromatic heterocycles. The number of aromatic amines is 1. The number of rotatable bonds is 0. The molecule has 0 atom stereocenters. The van der Waals surface area contributed by atoms with Crippen molar-refractivity contribution in [2.24, 2.45) is 0 Å². The van der Waals surface area contributed by atoms with Crippen molar-refractivity contribution in [2.45, 2.75) is 27.7 Å². The van der Waals surface area contributed by atoms with Gasteiger partial charge in [0.1, 0.15) is 0 Å². The fraction of sp³-hybridized carbons (Fsp3) is 0.333. The summed E-state index contributed by atoms with van der Waals surface area (Å²) in [6.07, 6.45) is 1.64. The largest absolute Gasteiger partial charge is 0.361 e. The molecule has 0 aliphatic heterocycles. The van der Waals surface area contributed by atoms with Gasteiger partial charge in [-0.25, -0.2) is 8.78 Å². The van der Waals surface area contributed by atoms with Crippen LogP contribution in [0.4, 0.5) is 8.78 Å². The van der Waals surface area contributed by atoms with Crippen molar-refractivity contribution in [3.8, 4) is 0 Å². The average Bonchev–Trinajstić information content (AvgIpc) is 2.72. The van der Waals surface area contributed by atoms with Gasteiger partial charge < -0.3 is 4.98 Å². The molecule has 0 bridgehead atoms. The second-order valence-electron chi connectivity index (χ2n) is 2.33. The molecule has 0 aliphatic rings. The lowest BCUT2D eigenvalue weighted by Gasteiger charge is -1.91. The van der Waals surface area contributed by atoms with Gasteiger partial charge in [-0.15, -0.1) is 0 Å². The maximum Gasteiger partial charge on any atom is 0.160 e. The van der Waals surface area contributed by atoms with Crippen LogP contribution in [-0.4, -0.2) is 4.98 Å². The lowest BCUT2D eigenvalue weighted by molar-refractivity contribution is 0.511. The Bertz CT molecular complexity index is 357. The topological polar surface area (TPSA) is 15.8 Å². The standard InChI is InChI=1S/C8H5F2N.2C2H6/c9-6-3-5-1-2-11-8(5)4-7(6)10;2*1-2/h1-4,11H;2*1-2H3. The Balaban J connectivity index is 0.000000442. The molecule has 0 radical (unpaired) electrons. The minimum absolute atomic E-state index is 0.615. The molecule has 84 valence electrons. The van der Waals surface area contributed by atoms with Crippen LogP contribution in [0, 0.1) is 11.6 Å². The van der Waals surface area contributed by atoms with E-state index >= 15 is 0 Å². The number of hydrogen-bond acceptors (Lipinski definition) is 0. The summed E-state index contributed by atoms with van der Waals surface area (Å²) >= 11 is 0. The smallest absolute Gasteiger partial charge is 0.160 e. The Kier molecular flexibility index (Phi) is 6.34. The second-order valence-corrected chi connectivity index (χ2v) is 2.33. The molecule has 0 saturated carbocycles. The number of H-pyrrole nitrogens is 1. The van der Waals surface area contributed by atoms with Crippen molar-refractivity contribution in [1.29, 1.82) is 0 Å². The Morgan fingerprint density at radius 3 is 2.07 bits per heavy atom. The van der Waals surface area contributed by atoms with Gasteiger partial charge in [0.05, 0.1) is 0 Å². The summed E-state index contributed by atoms with van der Waals surface area (Å²) in [4.78, 5) is 2.78. The van der Waals surface area contributed by atoms with E-state index in [0.717, 1.165) is 6.07 Å². The number of hydrogen-bond donors (Lipinski definition) is 1. The summed E-state index contributed by atoms with van der Waals surface area (Å²) in [5, 5.41) is 0.684. The molecule has 0 unspecified atom stereocenters. The Labute approximate surface area is 89.1 Å². The predicted octanol–water partition coefficient (Wildman–Crippen LogP) is 4.50. The van der Waals surface area contributed by atoms with Crippen LogP contribution >= 0.6 is 0 Å². The fourth-order valence-electron chi connectivity index (χ4n) is 1.05. The van der Waals surface area contributed by atoms with Crippen LogP contribution in [0.3, 0.4) is 0 Å². The monoisotopic (exact) mass is 213 g/mol. The van der Waals surface area contributed by atoms with E-state index in [2.05, 4.69) is 4.98 Å². The lowest BCUT2D eigenvalue weighted by atomic mass is 10.2. The zero-order valence-electron chi connectivity index (χ0n) is 9.57. The minimum atomic E-state index is -0.819. The minimum Gasteiger partial charge on any atom is -0.361 e. The normalized spacial score (nSPS) is 8.67. The van der Waals surface area contributed by atoms with Gasteiger partial charge in [-0.05, 0) is 12.1 Å². The molecular weight excluding hydrogens is 196 g/mol. The molecule has 3 heteroatoms. The van der Waals surface area contributed by atoms with Gasteiger partial charge in [-0.2, -0.15) is 0 Å². The van der Waals surface area contributed by atoms with Gasteiger partial charge in [-0.3, -0.25) is 0 Å². The lowest BCUT2D eigenvalue weighted by Crippen LogP contribution is -1.81. The van der Waals surface area contributed by atoms with Gasteiger partial charge in [0.25, 0.3) is 0 Å². The van der Waals surface area contributed by atoms with Gasteiger partial charge in [-0.1, -0.05) is 27.7 Å². The molecule has 1 nitrogen and oxygen atoms in total. The molecule has 0 fully saturated rings. The molecule has 0 spiro atoms. The third-order valence-corrected chi connectivity index (χ3v) is 1.59. The second kappa shape index (κ2) is 6.98. The maximum atomic E-state index is 12.5. The van der Waals surface area contributed by atoms with Gasteiger partial charge >= 0.3 is 0 Å². The Morgan fingerprint density at radius 2 is 1.47 bits per heavy atom. The van der Waals surface area contributed by atoms with Crippen molar-refractivity contribution >= 4 is 10.9 Å². The predicted molar refractivity (Wildman–Crippen MR) is 60.9 cm³/mol. The Hall–Kier alpha value is -1.38. The zero-order chi connectivity index (χ0) is 11.8. The highest BCUT2D eigenvalue weighted by atomic mass is 19.2. The highest BCUT2D eigenvalue weighted by Gasteiger charge is 2.02. The van der Waals surface area contributed by atoms with Crippen molar-refractivity contribution in [3.63, 3.8) is 0 Å². The SMILES string of the molecule is CC.CC.Fc1cc2cc[nH]c2cc1F. The molecule has 0 aliphatic carbocycles. The average molecular weight is 213 g/mol. The first-order valence-electron chi connectivity index (χ1n) is 5.19. The molecule has 2 aromatic rings. The van der Waals surface area contributed by atoms with Gasteiger partial charge in [0.15, 0.2) is 11.6 Å². The van der Waals surface area contributed by atoms with Crippen LogP contribution in [0.15, 0.2) is 24.4 Å². The van der Waals surface area contributed by atoms with Crippen LogP contribution < -0.4 is 0 Å². The van der Waals surface area contributed by atoms with Gasteiger partial charge in [0.2, 0.25) is 0 Å². The molecule has 2 rings (SSSR count). The zero-order valence-corrected chi connectivity index (χ0v) is 9.57. The van der Waals surface area contributed by atoms with E-state index < -0.39 is 11.6 Å². The summed E-state index contributed by atoms with van der Waals surface area (Å²) in [5.74, 6) is -1.63. The third-order valence-electron chi connectivity index (χ3n) is 1.59.